The molecule has 0 saturated carbocycles. The van der Waals surface area contributed by atoms with E-state index in [4.69, 9.17) is 20.4 Å². The Hall–Kier alpha value is -2.70. The van der Waals surface area contributed by atoms with Crippen molar-refractivity contribution < 1.29 is 30.0 Å². The van der Waals surface area contributed by atoms with Crippen molar-refractivity contribution in [2.75, 3.05) is 0 Å². The van der Waals surface area contributed by atoms with E-state index in [1.807, 2.05) is 38.1 Å². The van der Waals surface area contributed by atoms with Gasteiger partial charge in [0.05, 0.1) is 23.3 Å². The fraction of sp³-hybridized carbons (Fsp3) is 0.517. The molecule has 0 bridgehead atoms. The average Bonchev–Trinajstić information content (AvgIpc) is 2.78. The second-order valence-electron chi connectivity index (χ2n) is 9.78. The molecule has 3 unspecified atom stereocenters. The first-order valence-electron chi connectivity index (χ1n) is 12.3. The molecule has 0 heterocycles. The maximum Gasteiger partial charge on any atom is 0.335 e. The number of aliphatic hydroxyl groups excluding tert-OH is 2. The number of aromatic carboxylic acids is 2. The summed E-state index contributed by atoms with van der Waals surface area (Å²) in [5.74, 6) is -0.520. The van der Waals surface area contributed by atoms with Crippen molar-refractivity contribution in [3.8, 4) is 0 Å². The summed E-state index contributed by atoms with van der Waals surface area (Å²) in [7, 11) is 0. The highest BCUT2D eigenvalue weighted by molar-refractivity contribution is 5.87. The summed E-state index contributed by atoms with van der Waals surface area (Å²) < 4.78 is 0. The van der Waals surface area contributed by atoms with Gasteiger partial charge in [0.1, 0.15) is 0 Å². The summed E-state index contributed by atoms with van der Waals surface area (Å²) in [5.41, 5.74) is 3.10. The Kier molecular flexibility index (Phi) is 15.5. The van der Waals surface area contributed by atoms with Gasteiger partial charge in [-0.3, -0.25) is 0 Å². The van der Waals surface area contributed by atoms with Crippen LogP contribution in [0.2, 0.25) is 0 Å². The number of hydrogen-bond donors (Lipinski definition) is 4. The molecule has 0 spiro atoms. The van der Waals surface area contributed by atoms with E-state index in [0.29, 0.717) is 29.4 Å². The largest absolute Gasteiger partial charge is 0.478 e. The molecule has 6 heteroatoms. The first-order valence-corrected chi connectivity index (χ1v) is 12.3. The Bertz CT molecular complexity index is 790. The molecular formula is C29H44O6. The van der Waals surface area contributed by atoms with Crippen LogP contribution in [-0.2, 0) is 12.8 Å². The molecule has 35 heavy (non-hydrogen) atoms. The molecule has 2 aromatic carbocycles. The van der Waals surface area contributed by atoms with Crippen LogP contribution in [0.4, 0.5) is 0 Å². The number of benzene rings is 2. The van der Waals surface area contributed by atoms with Gasteiger partial charge < -0.3 is 20.4 Å². The van der Waals surface area contributed by atoms with Gasteiger partial charge in [-0.05, 0) is 73.4 Å². The Morgan fingerprint density at radius 2 is 0.971 bits per heavy atom. The minimum Gasteiger partial charge on any atom is -0.478 e. The summed E-state index contributed by atoms with van der Waals surface area (Å²) >= 11 is 0. The number of rotatable bonds is 9. The lowest BCUT2D eigenvalue weighted by atomic mass is 9.98. The molecule has 0 aliphatic carbocycles. The standard InChI is InChI=1S/2C11H14O2.C7H16O2/c2*1-8(2)7-9-3-5-10(6-4-9)11(12)13;1-4-7(9)5(2)6(3)8/h2*3-6,8H,7H2,1-2H3,(H,12,13);5-9H,4H2,1-3H3. The van der Waals surface area contributed by atoms with Crippen LogP contribution in [-0.4, -0.2) is 44.6 Å². The van der Waals surface area contributed by atoms with Gasteiger partial charge in [0, 0.05) is 5.92 Å². The van der Waals surface area contributed by atoms with Gasteiger partial charge in [-0.1, -0.05) is 65.8 Å². The molecule has 196 valence electrons. The molecule has 3 atom stereocenters. The van der Waals surface area contributed by atoms with Gasteiger partial charge in [0.2, 0.25) is 0 Å². The quantitative estimate of drug-likeness (QED) is 0.347. The molecule has 0 aliphatic heterocycles. The fourth-order valence-corrected chi connectivity index (χ4v) is 3.20. The minimum absolute atomic E-state index is 0.00463. The summed E-state index contributed by atoms with van der Waals surface area (Å²) in [6.45, 7) is 14.0. The first kappa shape index (κ1) is 32.3. The van der Waals surface area contributed by atoms with Gasteiger partial charge in [-0.15, -0.1) is 0 Å². The van der Waals surface area contributed by atoms with Gasteiger partial charge in [0.15, 0.2) is 0 Å². The topological polar surface area (TPSA) is 115 Å². The summed E-state index contributed by atoms with van der Waals surface area (Å²) in [4.78, 5) is 21.1. The predicted octanol–water partition coefficient (Wildman–Crippen LogP) is 5.94. The van der Waals surface area contributed by atoms with Crippen LogP contribution in [0.1, 0.15) is 86.7 Å². The first-order chi connectivity index (χ1) is 16.3. The van der Waals surface area contributed by atoms with Gasteiger partial charge in [0.25, 0.3) is 0 Å². The second kappa shape index (κ2) is 16.8. The number of carbonyl (C=O) groups is 2. The normalized spacial score (nSPS) is 13.1. The lowest BCUT2D eigenvalue weighted by Gasteiger charge is -2.19. The highest BCUT2D eigenvalue weighted by Crippen LogP contribution is 2.11. The van der Waals surface area contributed by atoms with E-state index in [-0.39, 0.29) is 12.0 Å². The smallest absolute Gasteiger partial charge is 0.335 e. The second-order valence-corrected chi connectivity index (χ2v) is 9.78. The third kappa shape index (κ3) is 14.3. The number of carboxylic acids is 2. The van der Waals surface area contributed by atoms with E-state index in [9.17, 15) is 9.59 Å². The van der Waals surface area contributed by atoms with Gasteiger partial charge >= 0.3 is 11.9 Å². The van der Waals surface area contributed by atoms with Crippen LogP contribution in [0.15, 0.2) is 48.5 Å². The Balaban J connectivity index is 0.000000506. The SMILES string of the molecule is CC(C)Cc1ccc(C(=O)O)cc1.CC(C)Cc1ccc(C(=O)O)cc1.CCC(O)C(C)C(C)O. The van der Waals surface area contributed by atoms with Crippen molar-refractivity contribution in [2.45, 2.75) is 79.9 Å². The van der Waals surface area contributed by atoms with Crippen LogP contribution in [0.25, 0.3) is 0 Å². The summed E-state index contributed by atoms with van der Waals surface area (Å²) in [5, 5.41) is 35.4. The van der Waals surface area contributed by atoms with Gasteiger partial charge in [-0.2, -0.15) is 0 Å². The van der Waals surface area contributed by atoms with Crippen LogP contribution in [0.3, 0.4) is 0 Å². The van der Waals surface area contributed by atoms with Crippen molar-refractivity contribution in [2.24, 2.45) is 17.8 Å². The molecule has 4 N–H and O–H groups in total. The fourth-order valence-electron chi connectivity index (χ4n) is 3.20. The van der Waals surface area contributed by atoms with Crippen LogP contribution in [0.5, 0.6) is 0 Å². The Labute approximate surface area is 210 Å². The summed E-state index contributed by atoms with van der Waals surface area (Å²) in [6.07, 6.45) is 1.95. The van der Waals surface area contributed by atoms with E-state index in [1.54, 1.807) is 31.2 Å². The van der Waals surface area contributed by atoms with Crippen LogP contribution < -0.4 is 0 Å². The number of carboxylic acid groups (broad SMARTS) is 2. The molecule has 2 aromatic rings. The zero-order chi connectivity index (χ0) is 27.1. The molecule has 0 aliphatic rings. The van der Waals surface area contributed by atoms with E-state index in [0.717, 1.165) is 12.8 Å². The molecule has 0 fully saturated rings. The van der Waals surface area contributed by atoms with Crippen LogP contribution >= 0.6 is 0 Å². The molecule has 0 amide bonds. The van der Waals surface area contributed by atoms with Crippen molar-refractivity contribution in [3.63, 3.8) is 0 Å². The van der Waals surface area contributed by atoms with Crippen molar-refractivity contribution in [1.29, 1.82) is 0 Å². The number of aliphatic hydroxyl groups is 2. The predicted molar refractivity (Wildman–Crippen MR) is 141 cm³/mol. The number of hydrogen-bond acceptors (Lipinski definition) is 4. The van der Waals surface area contributed by atoms with Crippen molar-refractivity contribution in [3.05, 3.63) is 70.8 Å². The monoisotopic (exact) mass is 488 g/mol. The summed E-state index contributed by atoms with van der Waals surface area (Å²) in [6, 6.07) is 14.1. The molecule has 0 radical (unpaired) electrons. The van der Waals surface area contributed by atoms with E-state index in [2.05, 4.69) is 27.7 Å². The minimum atomic E-state index is -0.865. The molecular weight excluding hydrogens is 444 g/mol. The van der Waals surface area contributed by atoms with E-state index < -0.39 is 18.0 Å². The maximum atomic E-state index is 10.5. The molecule has 2 rings (SSSR count). The zero-order valence-corrected chi connectivity index (χ0v) is 22.2. The van der Waals surface area contributed by atoms with E-state index in [1.165, 1.54) is 11.1 Å². The highest BCUT2D eigenvalue weighted by Gasteiger charge is 2.16. The highest BCUT2D eigenvalue weighted by atomic mass is 16.4. The molecule has 0 saturated heterocycles. The van der Waals surface area contributed by atoms with Crippen molar-refractivity contribution >= 4 is 11.9 Å². The lowest BCUT2D eigenvalue weighted by molar-refractivity contribution is 0.0297. The van der Waals surface area contributed by atoms with Crippen molar-refractivity contribution in [1.82, 2.24) is 0 Å². The lowest BCUT2D eigenvalue weighted by Crippen LogP contribution is -2.26. The van der Waals surface area contributed by atoms with Gasteiger partial charge in [-0.25, -0.2) is 9.59 Å². The van der Waals surface area contributed by atoms with E-state index >= 15 is 0 Å². The Morgan fingerprint density at radius 1 is 0.657 bits per heavy atom. The maximum absolute atomic E-state index is 10.5. The third-order valence-corrected chi connectivity index (χ3v) is 5.48. The molecule has 0 aromatic heterocycles. The third-order valence-electron chi connectivity index (χ3n) is 5.48. The Morgan fingerprint density at radius 3 is 1.14 bits per heavy atom. The van der Waals surface area contributed by atoms with Crippen LogP contribution in [0, 0.1) is 17.8 Å². The average molecular weight is 489 g/mol. The molecule has 6 nitrogen and oxygen atoms in total. The zero-order valence-electron chi connectivity index (χ0n) is 22.2.